The molecule has 3 rings (SSSR count). The van der Waals surface area contributed by atoms with Crippen LogP contribution < -0.4 is 5.73 Å². The fourth-order valence-electron chi connectivity index (χ4n) is 2.78. The van der Waals surface area contributed by atoms with E-state index in [4.69, 9.17) is 10.7 Å². The third-order valence-corrected chi connectivity index (χ3v) is 4.57. The van der Waals surface area contributed by atoms with Crippen molar-refractivity contribution < 1.29 is 0 Å². The Morgan fingerprint density at radius 3 is 2.86 bits per heavy atom. The standard InChI is InChI=1S/C16H20N4S/c1-3-5-15-19-12-10-11(17)6-7-14(12)20(15)13(4-2)16-18-8-9-21-16/h6-10,13H,3-5,17H2,1-2H3. The SMILES string of the molecule is CCCc1nc2cc(N)ccc2n1C(CC)c1nccs1. The van der Waals surface area contributed by atoms with E-state index in [1.165, 1.54) is 0 Å². The van der Waals surface area contributed by atoms with E-state index >= 15 is 0 Å². The topological polar surface area (TPSA) is 56.7 Å². The van der Waals surface area contributed by atoms with Gasteiger partial charge in [0.2, 0.25) is 0 Å². The number of hydrogen-bond acceptors (Lipinski definition) is 4. The minimum atomic E-state index is 0.250. The van der Waals surface area contributed by atoms with E-state index in [-0.39, 0.29) is 6.04 Å². The third kappa shape index (κ3) is 2.53. The minimum absolute atomic E-state index is 0.250. The summed E-state index contributed by atoms with van der Waals surface area (Å²) in [5.74, 6) is 1.13. The quantitative estimate of drug-likeness (QED) is 0.724. The number of anilines is 1. The van der Waals surface area contributed by atoms with Crippen LogP contribution >= 0.6 is 11.3 Å². The Labute approximate surface area is 128 Å². The Morgan fingerprint density at radius 1 is 1.33 bits per heavy atom. The van der Waals surface area contributed by atoms with E-state index in [9.17, 15) is 0 Å². The lowest BCUT2D eigenvalue weighted by Crippen LogP contribution is -2.13. The van der Waals surface area contributed by atoms with Crippen molar-refractivity contribution in [3.8, 4) is 0 Å². The molecule has 0 fully saturated rings. The molecule has 0 aliphatic heterocycles. The number of thiazole rings is 1. The van der Waals surface area contributed by atoms with Crippen LogP contribution in [-0.4, -0.2) is 14.5 Å². The Bertz CT molecular complexity index is 730. The van der Waals surface area contributed by atoms with Gasteiger partial charge >= 0.3 is 0 Å². The average Bonchev–Trinajstić information content (AvgIpc) is 3.09. The maximum Gasteiger partial charge on any atom is 0.115 e. The molecule has 1 atom stereocenters. The first kappa shape index (κ1) is 14.1. The van der Waals surface area contributed by atoms with E-state index in [1.807, 2.05) is 23.7 Å². The molecule has 21 heavy (non-hydrogen) atoms. The second kappa shape index (κ2) is 5.85. The van der Waals surface area contributed by atoms with Gasteiger partial charge in [-0.05, 0) is 31.0 Å². The summed E-state index contributed by atoms with van der Waals surface area (Å²) in [6, 6.07) is 6.23. The Morgan fingerprint density at radius 2 is 2.19 bits per heavy atom. The Kier molecular flexibility index (Phi) is 3.92. The van der Waals surface area contributed by atoms with Crippen LogP contribution in [0.2, 0.25) is 0 Å². The molecule has 1 unspecified atom stereocenters. The van der Waals surface area contributed by atoms with Gasteiger partial charge in [-0.15, -0.1) is 11.3 Å². The van der Waals surface area contributed by atoms with Crippen LogP contribution in [-0.2, 0) is 6.42 Å². The van der Waals surface area contributed by atoms with Crippen LogP contribution in [0, 0.1) is 0 Å². The summed E-state index contributed by atoms with van der Waals surface area (Å²) < 4.78 is 2.34. The monoisotopic (exact) mass is 300 g/mol. The van der Waals surface area contributed by atoms with Crippen LogP contribution in [0.3, 0.4) is 0 Å². The highest BCUT2D eigenvalue weighted by molar-refractivity contribution is 7.09. The number of hydrogen-bond donors (Lipinski definition) is 1. The number of nitrogens with two attached hydrogens (primary N) is 1. The van der Waals surface area contributed by atoms with Crippen molar-refractivity contribution in [3.63, 3.8) is 0 Å². The number of benzene rings is 1. The Hall–Kier alpha value is -1.88. The van der Waals surface area contributed by atoms with Gasteiger partial charge in [-0.2, -0.15) is 0 Å². The van der Waals surface area contributed by atoms with Crippen molar-refractivity contribution in [1.82, 2.24) is 14.5 Å². The predicted octanol–water partition coefficient (Wildman–Crippen LogP) is 4.03. The number of nitrogen functional groups attached to an aromatic ring is 1. The number of aromatic nitrogens is 3. The number of fused-ring (bicyclic) bond motifs is 1. The largest absolute Gasteiger partial charge is 0.399 e. The van der Waals surface area contributed by atoms with E-state index < -0.39 is 0 Å². The summed E-state index contributed by atoms with van der Waals surface area (Å²) in [4.78, 5) is 9.32. The molecule has 0 bridgehead atoms. The van der Waals surface area contributed by atoms with Crippen molar-refractivity contribution in [2.24, 2.45) is 0 Å². The fraction of sp³-hybridized carbons (Fsp3) is 0.375. The van der Waals surface area contributed by atoms with Gasteiger partial charge in [-0.3, -0.25) is 0 Å². The average molecular weight is 300 g/mol. The number of rotatable bonds is 5. The van der Waals surface area contributed by atoms with Crippen LogP contribution in [0.25, 0.3) is 11.0 Å². The first-order valence-electron chi connectivity index (χ1n) is 7.40. The lowest BCUT2D eigenvalue weighted by atomic mass is 10.2. The van der Waals surface area contributed by atoms with Gasteiger partial charge in [-0.25, -0.2) is 9.97 Å². The molecule has 2 N–H and O–H groups in total. The number of nitrogens with zero attached hydrogens (tertiary/aromatic N) is 3. The molecule has 0 saturated heterocycles. The summed E-state index contributed by atoms with van der Waals surface area (Å²) >= 11 is 1.71. The lowest BCUT2D eigenvalue weighted by Gasteiger charge is -2.18. The summed E-state index contributed by atoms with van der Waals surface area (Å²) in [6.45, 7) is 4.38. The smallest absolute Gasteiger partial charge is 0.115 e. The number of imidazole rings is 1. The van der Waals surface area contributed by atoms with E-state index in [2.05, 4.69) is 29.5 Å². The predicted molar refractivity (Wildman–Crippen MR) is 88.7 cm³/mol. The third-order valence-electron chi connectivity index (χ3n) is 3.70. The zero-order chi connectivity index (χ0) is 14.8. The minimum Gasteiger partial charge on any atom is -0.399 e. The van der Waals surface area contributed by atoms with Crippen LogP contribution in [0.4, 0.5) is 5.69 Å². The van der Waals surface area contributed by atoms with Gasteiger partial charge in [0.05, 0.1) is 17.1 Å². The summed E-state index contributed by atoms with van der Waals surface area (Å²) in [5.41, 5.74) is 8.79. The van der Waals surface area contributed by atoms with Gasteiger partial charge in [0.15, 0.2) is 0 Å². The molecule has 0 amide bonds. The molecule has 5 heteroatoms. The lowest BCUT2D eigenvalue weighted by molar-refractivity contribution is 0.549. The molecule has 0 saturated carbocycles. The second-order valence-electron chi connectivity index (χ2n) is 5.19. The van der Waals surface area contributed by atoms with E-state index in [0.717, 1.165) is 46.8 Å². The van der Waals surface area contributed by atoms with Crippen LogP contribution in [0.5, 0.6) is 0 Å². The molecule has 0 spiro atoms. The normalized spacial score (nSPS) is 12.9. The first-order valence-corrected chi connectivity index (χ1v) is 8.28. The van der Waals surface area contributed by atoms with Crippen molar-refractivity contribution in [1.29, 1.82) is 0 Å². The molecule has 0 radical (unpaired) electrons. The molecular weight excluding hydrogens is 280 g/mol. The van der Waals surface area contributed by atoms with Gasteiger partial charge in [-0.1, -0.05) is 13.8 Å². The maximum absolute atomic E-state index is 5.90. The van der Waals surface area contributed by atoms with Crippen molar-refractivity contribution >= 4 is 28.1 Å². The van der Waals surface area contributed by atoms with Crippen molar-refractivity contribution in [2.75, 3.05) is 5.73 Å². The maximum atomic E-state index is 5.90. The highest BCUT2D eigenvalue weighted by Crippen LogP contribution is 2.31. The van der Waals surface area contributed by atoms with Gasteiger partial charge in [0.1, 0.15) is 10.8 Å². The molecule has 0 aliphatic rings. The molecular formula is C16H20N4S. The molecule has 1 aromatic carbocycles. The van der Waals surface area contributed by atoms with Crippen molar-refractivity contribution in [2.45, 2.75) is 39.2 Å². The van der Waals surface area contributed by atoms with Crippen molar-refractivity contribution in [3.05, 3.63) is 40.6 Å². The zero-order valence-corrected chi connectivity index (χ0v) is 13.2. The molecule has 110 valence electrons. The number of aryl methyl sites for hydroxylation is 1. The molecule has 3 aromatic rings. The first-order chi connectivity index (χ1) is 10.2. The second-order valence-corrected chi connectivity index (χ2v) is 6.12. The van der Waals surface area contributed by atoms with E-state index in [1.54, 1.807) is 11.3 Å². The molecule has 4 nitrogen and oxygen atoms in total. The fourth-order valence-corrected chi connectivity index (χ4v) is 3.59. The molecule has 2 aromatic heterocycles. The van der Waals surface area contributed by atoms with Gasteiger partial charge in [0.25, 0.3) is 0 Å². The summed E-state index contributed by atoms with van der Waals surface area (Å²) in [7, 11) is 0. The molecule has 0 aliphatic carbocycles. The zero-order valence-electron chi connectivity index (χ0n) is 12.4. The molecule has 2 heterocycles. The highest BCUT2D eigenvalue weighted by Gasteiger charge is 2.21. The van der Waals surface area contributed by atoms with Gasteiger partial charge < -0.3 is 10.3 Å². The Balaban J connectivity index is 2.20. The van der Waals surface area contributed by atoms with Crippen LogP contribution in [0.15, 0.2) is 29.8 Å². The summed E-state index contributed by atoms with van der Waals surface area (Å²) in [6.07, 6.45) is 4.92. The highest BCUT2D eigenvalue weighted by atomic mass is 32.1. The van der Waals surface area contributed by atoms with E-state index in [0.29, 0.717) is 0 Å². The van der Waals surface area contributed by atoms with Crippen LogP contribution in [0.1, 0.15) is 43.6 Å². The van der Waals surface area contributed by atoms with Gasteiger partial charge in [0, 0.05) is 23.7 Å². The summed E-state index contributed by atoms with van der Waals surface area (Å²) in [5, 5.41) is 3.18.